The Morgan fingerprint density at radius 2 is 1.93 bits per heavy atom. The smallest absolute Gasteiger partial charge is 0.309 e. The van der Waals surface area contributed by atoms with Crippen LogP contribution in [0.15, 0.2) is 29.6 Å². The SMILES string of the molecule is Cc1csc(NC(=O)COC(=O)C2CCN(C(=O)c3ccc(F)cc3)CC2)n1. The number of carbonyl (C=O) groups excluding carboxylic acids is 3. The zero-order chi connectivity index (χ0) is 20.1. The number of likely N-dealkylation sites (tertiary alicyclic amines) is 1. The third-order valence-corrected chi connectivity index (χ3v) is 5.29. The van der Waals surface area contributed by atoms with Gasteiger partial charge >= 0.3 is 5.97 Å². The Labute approximate surface area is 165 Å². The number of carbonyl (C=O) groups is 3. The minimum Gasteiger partial charge on any atom is -0.455 e. The molecule has 1 saturated heterocycles. The summed E-state index contributed by atoms with van der Waals surface area (Å²) >= 11 is 1.30. The predicted molar refractivity (Wildman–Crippen MR) is 101 cm³/mol. The van der Waals surface area contributed by atoms with Crippen molar-refractivity contribution in [1.82, 2.24) is 9.88 Å². The second kappa shape index (κ2) is 8.92. The molecule has 0 bridgehead atoms. The van der Waals surface area contributed by atoms with Crippen LogP contribution in [0.1, 0.15) is 28.9 Å². The number of amides is 2. The van der Waals surface area contributed by atoms with Crippen molar-refractivity contribution in [2.24, 2.45) is 5.92 Å². The Bertz CT molecular complexity index is 860. The summed E-state index contributed by atoms with van der Waals surface area (Å²) in [4.78, 5) is 42.2. The molecule has 1 aliphatic heterocycles. The number of piperidine rings is 1. The van der Waals surface area contributed by atoms with Gasteiger partial charge in [-0.2, -0.15) is 0 Å². The van der Waals surface area contributed by atoms with Crippen LogP contribution >= 0.6 is 11.3 Å². The highest BCUT2D eigenvalue weighted by Gasteiger charge is 2.29. The zero-order valence-corrected chi connectivity index (χ0v) is 16.1. The number of rotatable bonds is 5. The summed E-state index contributed by atoms with van der Waals surface area (Å²) in [7, 11) is 0. The normalized spacial score (nSPS) is 14.6. The van der Waals surface area contributed by atoms with Crippen LogP contribution in [0.2, 0.25) is 0 Å². The predicted octanol–water partition coefficient (Wildman–Crippen LogP) is 2.62. The van der Waals surface area contributed by atoms with Gasteiger partial charge in [-0.1, -0.05) is 0 Å². The zero-order valence-electron chi connectivity index (χ0n) is 15.3. The first-order valence-corrected chi connectivity index (χ1v) is 9.74. The number of hydrogen-bond acceptors (Lipinski definition) is 6. The van der Waals surface area contributed by atoms with Crippen LogP contribution in [0.25, 0.3) is 0 Å². The number of thiazole rings is 1. The second-order valence-electron chi connectivity index (χ2n) is 6.52. The van der Waals surface area contributed by atoms with E-state index in [1.54, 1.807) is 4.90 Å². The number of ether oxygens (including phenoxy) is 1. The Hall–Kier alpha value is -2.81. The lowest BCUT2D eigenvalue weighted by Gasteiger charge is -2.31. The molecule has 1 fully saturated rings. The molecule has 1 aromatic carbocycles. The van der Waals surface area contributed by atoms with Crippen molar-refractivity contribution in [3.63, 3.8) is 0 Å². The molecule has 0 radical (unpaired) electrons. The first-order valence-electron chi connectivity index (χ1n) is 8.86. The van der Waals surface area contributed by atoms with Gasteiger partial charge in [-0.3, -0.25) is 19.7 Å². The average molecular weight is 405 g/mol. The van der Waals surface area contributed by atoms with Crippen LogP contribution in [-0.4, -0.2) is 47.4 Å². The number of hydrogen-bond donors (Lipinski definition) is 1. The summed E-state index contributed by atoms with van der Waals surface area (Å²) < 4.78 is 18.1. The molecule has 1 aliphatic rings. The maximum Gasteiger partial charge on any atom is 0.309 e. The number of aryl methyl sites for hydroxylation is 1. The molecule has 0 atom stereocenters. The largest absolute Gasteiger partial charge is 0.455 e. The quantitative estimate of drug-likeness (QED) is 0.773. The Morgan fingerprint density at radius 1 is 1.25 bits per heavy atom. The van der Waals surface area contributed by atoms with E-state index in [4.69, 9.17) is 4.74 Å². The molecule has 3 rings (SSSR count). The van der Waals surface area contributed by atoms with Gasteiger partial charge in [-0.25, -0.2) is 9.37 Å². The number of aromatic nitrogens is 1. The molecule has 2 amide bonds. The van der Waals surface area contributed by atoms with E-state index < -0.39 is 17.7 Å². The van der Waals surface area contributed by atoms with E-state index in [9.17, 15) is 18.8 Å². The maximum atomic E-state index is 13.0. The van der Waals surface area contributed by atoms with Crippen molar-refractivity contribution in [2.45, 2.75) is 19.8 Å². The van der Waals surface area contributed by atoms with E-state index in [0.29, 0.717) is 36.6 Å². The number of esters is 1. The molecule has 0 unspecified atom stereocenters. The van der Waals surface area contributed by atoms with E-state index in [1.165, 1.54) is 35.6 Å². The fourth-order valence-corrected chi connectivity index (χ4v) is 3.62. The number of benzene rings is 1. The number of nitrogens with zero attached hydrogens (tertiary/aromatic N) is 2. The Kier molecular flexibility index (Phi) is 6.35. The lowest BCUT2D eigenvalue weighted by molar-refractivity contribution is -0.152. The van der Waals surface area contributed by atoms with Crippen LogP contribution in [0.4, 0.5) is 9.52 Å². The monoisotopic (exact) mass is 405 g/mol. The minimum absolute atomic E-state index is 0.190. The third kappa shape index (κ3) is 5.13. The Balaban J connectivity index is 1.42. The van der Waals surface area contributed by atoms with Crippen LogP contribution in [0, 0.1) is 18.7 Å². The highest BCUT2D eigenvalue weighted by atomic mass is 32.1. The van der Waals surface area contributed by atoms with Crippen molar-refractivity contribution in [3.8, 4) is 0 Å². The number of halogens is 1. The van der Waals surface area contributed by atoms with Crippen LogP contribution in [-0.2, 0) is 14.3 Å². The van der Waals surface area contributed by atoms with Gasteiger partial charge in [0.1, 0.15) is 5.82 Å². The van der Waals surface area contributed by atoms with E-state index >= 15 is 0 Å². The Morgan fingerprint density at radius 3 is 2.54 bits per heavy atom. The summed E-state index contributed by atoms with van der Waals surface area (Å²) in [6.45, 7) is 2.26. The average Bonchev–Trinajstić information content (AvgIpc) is 3.11. The van der Waals surface area contributed by atoms with Gasteiger partial charge in [-0.05, 0) is 44.0 Å². The van der Waals surface area contributed by atoms with Gasteiger partial charge in [-0.15, -0.1) is 11.3 Å². The van der Waals surface area contributed by atoms with Gasteiger partial charge in [0.15, 0.2) is 11.7 Å². The molecule has 148 valence electrons. The second-order valence-corrected chi connectivity index (χ2v) is 7.38. The van der Waals surface area contributed by atoms with Crippen molar-refractivity contribution in [1.29, 1.82) is 0 Å². The maximum absolute atomic E-state index is 13.0. The van der Waals surface area contributed by atoms with Crippen LogP contribution in [0.3, 0.4) is 0 Å². The summed E-state index contributed by atoms with van der Waals surface area (Å²) in [5.41, 5.74) is 1.22. The van der Waals surface area contributed by atoms with E-state index in [1.807, 2.05) is 12.3 Å². The third-order valence-electron chi connectivity index (χ3n) is 4.42. The van der Waals surface area contributed by atoms with Gasteiger partial charge < -0.3 is 9.64 Å². The molecule has 7 nitrogen and oxygen atoms in total. The highest BCUT2D eigenvalue weighted by molar-refractivity contribution is 7.13. The molecule has 9 heteroatoms. The molecule has 28 heavy (non-hydrogen) atoms. The van der Waals surface area contributed by atoms with E-state index in [2.05, 4.69) is 10.3 Å². The summed E-state index contributed by atoms with van der Waals surface area (Å²) in [6.07, 6.45) is 0.915. The molecule has 2 heterocycles. The van der Waals surface area contributed by atoms with E-state index in [-0.39, 0.29) is 18.4 Å². The highest BCUT2D eigenvalue weighted by Crippen LogP contribution is 2.21. The minimum atomic E-state index is -0.445. The van der Waals surface area contributed by atoms with E-state index in [0.717, 1.165) is 5.69 Å². The molecule has 1 aromatic heterocycles. The van der Waals surface area contributed by atoms with Crippen LogP contribution < -0.4 is 5.32 Å². The lowest BCUT2D eigenvalue weighted by atomic mass is 9.96. The molecular weight excluding hydrogens is 385 g/mol. The molecule has 0 aliphatic carbocycles. The number of nitrogens with one attached hydrogen (secondary N) is 1. The first kappa shape index (κ1) is 19.9. The topological polar surface area (TPSA) is 88.6 Å². The van der Waals surface area contributed by atoms with Crippen molar-refractivity contribution in [2.75, 3.05) is 25.0 Å². The van der Waals surface area contributed by atoms with Crippen molar-refractivity contribution in [3.05, 3.63) is 46.7 Å². The molecule has 1 N–H and O–H groups in total. The fraction of sp³-hybridized carbons (Fsp3) is 0.368. The molecule has 0 saturated carbocycles. The van der Waals surface area contributed by atoms with Gasteiger partial charge in [0, 0.05) is 24.0 Å². The van der Waals surface area contributed by atoms with Gasteiger partial charge in [0.25, 0.3) is 11.8 Å². The molecule has 0 spiro atoms. The molecular formula is C19H20FN3O4S. The van der Waals surface area contributed by atoms with Gasteiger partial charge in [0.2, 0.25) is 0 Å². The molecule has 2 aromatic rings. The summed E-state index contributed by atoms with van der Waals surface area (Å²) in [5, 5.41) is 4.85. The number of anilines is 1. The fourth-order valence-electron chi connectivity index (χ4n) is 2.91. The standard InChI is InChI=1S/C19H20FN3O4S/c1-12-11-28-19(21-12)22-16(24)10-27-18(26)14-6-8-23(9-7-14)17(25)13-2-4-15(20)5-3-13/h2-5,11,14H,6-10H2,1H3,(H,21,22,24). The lowest BCUT2D eigenvalue weighted by Crippen LogP contribution is -2.41. The summed E-state index contributed by atoms with van der Waals surface area (Å²) in [5.74, 6) is -1.82. The van der Waals surface area contributed by atoms with Gasteiger partial charge in [0.05, 0.1) is 11.6 Å². The van der Waals surface area contributed by atoms with Crippen LogP contribution in [0.5, 0.6) is 0 Å². The van der Waals surface area contributed by atoms with Crippen molar-refractivity contribution >= 4 is 34.3 Å². The van der Waals surface area contributed by atoms with Crippen molar-refractivity contribution < 1.29 is 23.5 Å². The summed E-state index contributed by atoms with van der Waals surface area (Å²) in [6, 6.07) is 5.38. The first-order chi connectivity index (χ1) is 13.4.